The Morgan fingerprint density at radius 1 is 1.50 bits per heavy atom. The van der Waals surface area contributed by atoms with Crippen molar-refractivity contribution in [3.63, 3.8) is 0 Å². The maximum atomic E-state index is 11.2. The second kappa shape index (κ2) is 6.86. The summed E-state index contributed by atoms with van der Waals surface area (Å²) in [4.78, 5) is 11.2. The molecule has 0 saturated heterocycles. The van der Waals surface area contributed by atoms with Gasteiger partial charge >= 0.3 is 5.97 Å². The van der Waals surface area contributed by atoms with E-state index in [1.54, 1.807) is 26.2 Å². The summed E-state index contributed by atoms with van der Waals surface area (Å²) < 4.78 is 9.78. The third-order valence-electron chi connectivity index (χ3n) is 2.15. The smallest absolute Gasteiger partial charge is 0.370 e. The van der Waals surface area contributed by atoms with E-state index in [-0.39, 0.29) is 11.8 Å². The number of aryl methyl sites for hydroxylation is 1. The van der Waals surface area contributed by atoms with E-state index >= 15 is 0 Å². The van der Waals surface area contributed by atoms with Gasteiger partial charge in [0.15, 0.2) is 0 Å². The summed E-state index contributed by atoms with van der Waals surface area (Å²) in [5, 5.41) is 3.50. The minimum atomic E-state index is -0.655. The number of carbonyl (C=O) groups is 1. The monoisotopic (exact) mass is 270 g/mol. The van der Waals surface area contributed by atoms with Crippen LogP contribution in [0, 0.1) is 6.92 Å². The van der Waals surface area contributed by atoms with Crippen LogP contribution in [-0.2, 0) is 9.53 Å². The number of anilines is 1. The predicted octanol–water partition coefficient (Wildman–Crippen LogP) is 2.53. The molecule has 98 valence electrons. The van der Waals surface area contributed by atoms with Gasteiger partial charge in [-0.05, 0) is 37.6 Å². The molecule has 5 nitrogen and oxygen atoms in total. The number of hydrogen-bond acceptors (Lipinski definition) is 5. The molecule has 0 aliphatic heterocycles. The highest BCUT2D eigenvalue weighted by Crippen LogP contribution is 2.20. The number of rotatable bonds is 5. The van der Waals surface area contributed by atoms with Gasteiger partial charge in [-0.25, -0.2) is 4.79 Å². The Morgan fingerprint density at radius 3 is 2.78 bits per heavy atom. The van der Waals surface area contributed by atoms with Crippen molar-refractivity contribution in [2.24, 2.45) is 5.10 Å². The first-order valence-electron chi connectivity index (χ1n) is 5.39. The molecule has 1 aromatic rings. The van der Waals surface area contributed by atoms with Crippen LogP contribution < -0.4 is 10.2 Å². The molecule has 18 heavy (non-hydrogen) atoms. The van der Waals surface area contributed by atoms with Crippen molar-refractivity contribution >= 4 is 28.4 Å². The Balaban J connectivity index is 2.73. The standard InChI is InChI=1S/C12H15ClN2O3/c1-4-18-12(16)11(13)15-14-10-6-5-9(17-3)7-8(10)2/h5-7,14H,4H2,1-3H3/b15-11-. The van der Waals surface area contributed by atoms with E-state index in [0.717, 1.165) is 17.0 Å². The molecular formula is C12H15ClN2O3. The number of nitrogens with one attached hydrogen (secondary N) is 1. The normalized spacial score (nSPS) is 11.0. The SMILES string of the molecule is CCOC(=O)/C(Cl)=N/Nc1ccc(OC)cc1C. The average Bonchev–Trinajstić information content (AvgIpc) is 2.37. The summed E-state index contributed by atoms with van der Waals surface area (Å²) in [6.45, 7) is 3.84. The fraction of sp³-hybridized carbons (Fsp3) is 0.333. The molecular weight excluding hydrogens is 256 g/mol. The van der Waals surface area contributed by atoms with Crippen LogP contribution in [-0.4, -0.2) is 24.9 Å². The molecule has 0 aromatic heterocycles. The Bertz CT molecular complexity index is 461. The summed E-state index contributed by atoms with van der Waals surface area (Å²) in [5.41, 5.74) is 4.36. The van der Waals surface area contributed by atoms with Crippen LogP contribution in [0.25, 0.3) is 0 Å². The Hall–Kier alpha value is -1.75. The second-order valence-electron chi connectivity index (χ2n) is 3.42. The third-order valence-corrected chi connectivity index (χ3v) is 2.39. The lowest BCUT2D eigenvalue weighted by Gasteiger charge is -2.07. The van der Waals surface area contributed by atoms with E-state index in [9.17, 15) is 4.79 Å². The number of carbonyl (C=O) groups excluding carboxylic acids is 1. The Morgan fingerprint density at radius 2 is 2.22 bits per heavy atom. The minimum Gasteiger partial charge on any atom is -0.497 e. The zero-order valence-electron chi connectivity index (χ0n) is 10.5. The number of halogens is 1. The van der Waals surface area contributed by atoms with Crippen LogP contribution in [0.5, 0.6) is 5.75 Å². The number of nitrogens with zero attached hydrogens (tertiary/aromatic N) is 1. The minimum absolute atomic E-state index is 0.243. The largest absolute Gasteiger partial charge is 0.497 e. The zero-order chi connectivity index (χ0) is 13.5. The van der Waals surface area contributed by atoms with E-state index in [0.29, 0.717) is 0 Å². The van der Waals surface area contributed by atoms with E-state index in [1.807, 2.05) is 13.0 Å². The highest BCUT2D eigenvalue weighted by molar-refractivity contribution is 6.82. The maximum absolute atomic E-state index is 11.2. The lowest BCUT2D eigenvalue weighted by atomic mass is 10.2. The van der Waals surface area contributed by atoms with Crippen LogP contribution in [0.4, 0.5) is 5.69 Å². The van der Waals surface area contributed by atoms with Gasteiger partial charge in [0.2, 0.25) is 5.17 Å². The average molecular weight is 271 g/mol. The highest BCUT2D eigenvalue weighted by atomic mass is 35.5. The molecule has 0 bridgehead atoms. The van der Waals surface area contributed by atoms with Crippen LogP contribution >= 0.6 is 11.6 Å². The number of esters is 1. The molecule has 0 atom stereocenters. The summed E-state index contributed by atoms with van der Waals surface area (Å²) >= 11 is 5.66. The van der Waals surface area contributed by atoms with Crippen LogP contribution in [0.15, 0.2) is 23.3 Å². The Kier molecular flexibility index (Phi) is 5.45. The molecule has 1 rings (SSSR count). The molecule has 0 fully saturated rings. The molecule has 0 heterocycles. The van der Waals surface area contributed by atoms with Gasteiger partial charge in [0.05, 0.1) is 19.4 Å². The van der Waals surface area contributed by atoms with Crippen molar-refractivity contribution < 1.29 is 14.3 Å². The van der Waals surface area contributed by atoms with Gasteiger partial charge in [0.1, 0.15) is 5.75 Å². The zero-order valence-corrected chi connectivity index (χ0v) is 11.2. The molecule has 1 aromatic carbocycles. The van der Waals surface area contributed by atoms with Gasteiger partial charge in [-0.1, -0.05) is 11.6 Å². The molecule has 0 saturated carbocycles. The van der Waals surface area contributed by atoms with Crippen LogP contribution in [0.1, 0.15) is 12.5 Å². The van der Waals surface area contributed by atoms with Crippen LogP contribution in [0.2, 0.25) is 0 Å². The van der Waals surface area contributed by atoms with Crippen molar-refractivity contribution in [1.29, 1.82) is 0 Å². The van der Waals surface area contributed by atoms with Crippen LogP contribution in [0.3, 0.4) is 0 Å². The lowest BCUT2D eigenvalue weighted by Crippen LogP contribution is -2.13. The van der Waals surface area contributed by atoms with Crippen molar-refractivity contribution in [3.8, 4) is 5.75 Å². The first-order valence-corrected chi connectivity index (χ1v) is 5.77. The number of benzene rings is 1. The molecule has 0 spiro atoms. The topological polar surface area (TPSA) is 59.9 Å². The number of methoxy groups -OCH3 is 1. The number of hydrazone groups is 1. The van der Waals surface area contributed by atoms with E-state index in [2.05, 4.69) is 10.5 Å². The van der Waals surface area contributed by atoms with Crippen molar-refractivity contribution in [1.82, 2.24) is 0 Å². The second-order valence-corrected chi connectivity index (χ2v) is 3.77. The number of hydrogen-bond donors (Lipinski definition) is 1. The van der Waals surface area contributed by atoms with E-state index < -0.39 is 5.97 Å². The fourth-order valence-corrected chi connectivity index (χ4v) is 1.33. The summed E-state index contributed by atoms with van der Waals surface area (Å²) in [7, 11) is 1.59. The summed E-state index contributed by atoms with van der Waals surface area (Å²) in [6.07, 6.45) is 0. The molecule has 6 heteroatoms. The first kappa shape index (κ1) is 14.3. The Labute approximate surface area is 111 Å². The molecule has 0 amide bonds. The summed E-state index contributed by atoms with van der Waals surface area (Å²) in [5.74, 6) is 0.0938. The molecule has 1 N–H and O–H groups in total. The third kappa shape index (κ3) is 3.92. The van der Waals surface area contributed by atoms with Crippen molar-refractivity contribution in [2.75, 3.05) is 19.1 Å². The van der Waals surface area contributed by atoms with Gasteiger partial charge in [0.25, 0.3) is 0 Å². The molecule has 0 aliphatic rings. The molecule has 0 aliphatic carbocycles. The van der Waals surface area contributed by atoms with Gasteiger partial charge in [-0.15, -0.1) is 0 Å². The van der Waals surface area contributed by atoms with E-state index in [4.69, 9.17) is 21.1 Å². The fourth-order valence-electron chi connectivity index (χ4n) is 1.23. The van der Waals surface area contributed by atoms with Gasteiger partial charge in [-0.3, -0.25) is 5.43 Å². The van der Waals surface area contributed by atoms with Gasteiger partial charge < -0.3 is 9.47 Å². The number of ether oxygens (including phenoxy) is 2. The van der Waals surface area contributed by atoms with Gasteiger partial charge in [0, 0.05) is 0 Å². The molecule has 0 unspecified atom stereocenters. The maximum Gasteiger partial charge on any atom is 0.370 e. The quantitative estimate of drug-likeness (QED) is 0.507. The van der Waals surface area contributed by atoms with Gasteiger partial charge in [-0.2, -0.15) is 5.10 Å². The van der Waals surface area contributed by atoms with Crippen molar-refractivity contribution in [2.45, 2.75) is 13.8 Å². The van der Waals surface area contributed by atoms with Crippen molar-refractivity contribution in [3.05, 3.63) is 23.8 Å². The lowest BCUT2D eigenvalue weighted by molar-refractivity contribution is -0.134. The predicted molar refractivity (Wildman–Crippen MR) is 71.3 cm³/mol. The highest BCUT2D eigenvalue weighted by Gasteiger charge is 2.09. The van der Waals surface area contributed by atoms with E-state index in [1.165, 1.54) is 0 Å². The molecule has 0 radical (unpaired) electrons. The summed E-state index contributed by atoms with van der Waals surface area (Å²) in [6, 6.07) is 5.41. The first-order chi connectivity index (χ1) is 8.58.